The molecule has 0 atom stereocenters. The van der Waals surface area contributed by atoms with Gasteiger partial charge in [0.05, 0.1) is 0 Å². The highest BCUT2D eigenvalue weighted by Crippen LogP contribution is 2.12. The topological polar surface area (TPSA) is 40.5 Å². The second-order valence-corrected chi connectivity index (χ2v) is 3.76. The summed E-state index contributed by atoms with van der Waals surface area (Å²) in [6.07, 6.45) is -0.838. The van der Waals surface area contributed by atoms with Gasteiger partial charge in [0.15, 0.2) is 0 Å². The van der Waals surface area contributed by atoms with Crippen molar-refractivity contribution in [3.8, 4) is 0 Å². The van der Waals surface area contributed by atoms with Crippen molar-refractivity contribution in [2.75, 3.05) is 13.1 Å². The molecule has 0 aromatic heterocycles. The summed E-state index contributed by atoms with van der Waals surface area (Å²) in [6, 6.07) is 7.02. The van der Waals surface area contributed by atoms with Crippen molar-refractivity contribution in [1.82, 2.24) is 4.90 Å². The average molecular weight is 264 g/mol. The molecule has 3 nitrogen and oxygen atoms in total. The van der Waals surface area contributed by atoms with Gasteiger partial charge in [-0.1, -0.05) is 23.2 Å². The lowest BCUT2D eigenvalue weighted by molar-refractivity contribution is 0.150. The largest absolute Gasteiger partial charge is 0.465 e. The van der Waals surface area contributed by atoms with Crippen LogP contribution in [-0.4, -0.2) is 29.2 Å². The molecule has 0 saturated heterocycles. The highest BCUT2D eigenvalue weighted by Gasteiger charge is 2.02. The molecule has 90 valence electrons. The predicted octanol–water partition coefficient (Wildman–Crippen LogP) is 4.00. The monoisotopic (exact) mass is 263 g/mol. The van der Waals surface area contributed by atoms with Gasteiger partial charge in [-0.25, -0.2) is 4.79 Å². The standard InChI is InChI=1S/C6H4Cl2.C5H11NO2/c7-5-1-2-6(8)4-3-5;1-3-6(4-2)5(7)8/h1-4H;3-4H2,1-2H3,(H,7,8). The van der Waals surface area contributed by atoms with Gasteiger partial charge in [-0.2, -0.15) is 0 Å². The maximum atomic E-state index is 10.1. The molecule has 1 aromatic rings. The Hall–Kier alpha value is -0.930. The number of hydrogen-bond donors (Lipinski definition) is 1. The number of benzene rings is 1. The van der Waals surface area contributed by atoms with E-state index in [2.05, 4.69) is 0 Å². The molecule has 16 heavy (non-hydrogen) atoms. The summed E-state index contributed by atoms with van der Waals surface area (Å²) in [5, 5.41) is 9.73. The molecule has 0 bridgehead atoms. The maximum Gasteiger partial charge on any atom is 0.407 e. The highest BCUT2D eigenvalue weighted by atomic mass is 35.5. The summed E-state index contributed by atoms with van der Waals surface area (Å²) in [7, 11) is 0. The van der Waals surface area contributed by atoms with Crippen LogP contribution in [0.3, 0.4) is 0 Å². The second-order valence-electron chi connectivity index (χ2n) is 2.89. The third-order valence-electron chi connectivity index (χ3n) is 1.84. The molecule has 0 radical (unpaired) electrons. The van der Waals surface area contributed by atoms with E-state index in [0.29, 0.717) is 13.1 Å². The Labute approximate surface area is 106 Å². The summed E-state index contributed by atoms with van der Waals surface area (Å²) in [6.45, 7) is 4.78. The molecule has 5 heteroatoms. The number of rotatable bonds is 2. The van der Waals surface area contributed by atoms with E-state index < -0.39 is 6.09 Å². The Bertz CT molecular complexity index is 289. The lowest BCUT2D eigenvalue weighted by Crippen LogP contribution is -2.28. The van der Waals surface area contributed by atoms with Crippen molar-refractivity contribution in [3.05, 3.63) is 34.3 Å². The van der Waals surface area contributed by atoms with Crippen LogP contribution in [0.4, 0.5) is 4.79 Å². The van der Waals surface area contributed by atoms with E-state index in [4.69, 9.17) is 28.3 Å². The van der Waals surface area contributed by atoms with Gasteiger partial charge >= 0.3 is 6.09 Å². The van der Waals surface area contributed by atoms with Crippen LogP contribution in [0.1, 0.15) is 13.8 Å². The van der Waals surface area contributed by atoms with Gasteiger partial charge in [-0.15, -0.1) is 0 Å². The van der Waals surface area contributed by atoms with Crippen LogP contribution in [0, 0.1) is 0 Å². The van der Waals surface area contributed by atoms with Crippen LogP contribution >= 0.6 is 23.2 Å². The minimum absolute atomic E-state index is 0.575. The molecular formula is C11H15Cl2NO2. The van der Waals surface area contributed by atoms with Crippen LogP contribution in [0.5, 0.6) is 0 Å². The molecule has 1 rings (SSSR count). The van der Waals surface area contributed by atoms with Gasteiger partial charge in [-0.05, 0) is 38.1 Å². The zero-order chi connectivity index (χ0) is 12.6. The third-order valence-corrected chi connectivity index (χ3v) is 2.34. The van der Waals surface area contributed by atoms with E-state index in [9.17, 15) is 4.79 Å². The fourth-order valence-corrected chi connectivity index (χ4v) is 1.18. The first-order valence-corrected chi connectivity index (χ1v) is 5.65. The Morgan fingerprint density at radius 1 is 1.12 bits per heavy atom. The molecule has 0 heterocycles. The van der Waals surface area contributed by atoms with Crippen LogP contribution in [0.15, 0.2) is 24.3 Å². The van der Waals surface area contributed by atoms with E-state index in [-0.39, 0.29) is 0 Å². The number of hydrogen-bond acceptors (Lipinski definition) is 1. The fraction of sp³-hybridized carbons (Fsp3) is 0.364. The minimum atomic E-state index is -0.838. The van der Waals surface area contributed by atoms with Gasteiger partial charge in [0, 0.05) is 23.1 Å². The molecule has 0 saturated carbocycles. The van der Waals surface area contributed by atoms with Crippen LogP contribution < -0.4 is 0 Å². The quantitative estimate of drug-likeness (QED) is 0.877. The number of amides is 1. The highest BCUT2D eigenvalue weighted by molar-refractivity contribution is 6.32. The zero-order valence-electron chi connectivity index (χ0n) is 9.28. The second kappa shape index (κ2) is 8.25. The Morgan fingerprint density at radius 2 is 1.44 bits per heavy atom. The predicted molar refractivity (Wildman–Crippen MR) is 67.4 cm³/mol. The van der Waals surface area contributed by atoms with E-state index in [0.717, 1.165) is 10.0 Å². The number of carbonyl (C=O) groups is 1. The first kappa shape index (κ1) is 15.1. The third kappa shape index (κ3) is 6.53. The number of nitrogens with zero attached hydrogens (tertiary/aromatic N) is 1. The molecule has 0 aliphatic heterocycles. The minimum Gasteiger partial charge on any atom is -0.465 e. The zero-order valence-corrected chi connectivity index (χ0v) is 10.8. The number of carboxylic acid groups (broad SMARTS) is 1. The SMILES string of the molecule is CCN(CC)C(=O)O.Clc1ccc(Cl)cc1. The lowest BCUT2D eigenvalue weighted by Gasteiger charge is -2.12. The van der Waals surface area contributed by atoms with Gasteiger partial charge in [-0.3, -0.25) is 0 Å². The van der Waals surface area contributed by atoms with E-state index in [1.54, 1.807) is 24.3 Å². The summed E-state index contributed by atoms with van der Waals surface area (Å²) < 4.78 is 0. The molecule has 0 unspecified atom stereocenters. The van der Waals surface area contributed by atoms with E-state index in [1.807, 2.05) is 13.8 Å². The van der Waals surface area contributed by atoms with Crippen molar-refractivity contribution in [2.45, 2.75) is 13.8 Å². The van der Waals surface area contributed by atoms with Crippen molar-refractivity contribution in [1.29, 1.82) is 0 Å². The lowest BCUT2D eigenvalue weighted by atomic mass is 10.4. The first-order valence-electron chi connectivity index (χ1n) is 4.90. The van der Waals surface area contributed by atoms with Crippen molar-refractivity contribution < 1.29 is 9.90 Å². The van der Waals surface area contributed by atoms with Crippen LogP contribution in [-0.2, 0) is 0 Å². The Kier molecular flexibility index (Phi) is 7.77. The summed E-state index contributed by atoms with van der Waals surface area (Å²) >= 11 is 11.1. The molecule has 1 aromatic carbocycles. The first-order chi connectivity index (χ1) is 7.51. The molecular weight excluding hydrogens is 249 g/mol. The van der Waals surface area contributed by atoms with Gasteiger partial charge in [0.1, 0.15) is 0 Å². The average Bonchev–Trinajstić information content (AvgIpc) is 2.25. The molecule has 0 aliphatic rings. The van der Waals surface area contributed by atoms with Crippen molar-refractivity contribution in [2.24, 2.45) is 0 Å². The molecule has 0 fully saturated rings. The normalized spacial score (nSPS) is 9.00. The summed E-state index contributed by atoms with van der Waals surface area (Å²) in [4.78, 5) is 11.4. The summed E-state index contributed by atoms with van der Waals surface area (Å²) in [5.41, 5.74) is 0. The van der Waals surface area contributed by atoms with Gasteiger partial charge in [0.2, 0.25) is 0 Å². The van der Waals surface area contributed by atoms with Gasteiger partial charge in [0.25, 0.3) is 0 Å². The van der Waals surface area contributed by atoms with E-state index in [1.165, 1.54) is 4.90 Å². The van der Waals surface area contributed by atoms with Crippen molar-refractivity contribution in [3.63, 3.8) is 0 Å². The number of halogens is 2. The molecule has 0 aliphatic carbocycles. The molecule has 1 amide bonds. The van der Waals surface area contributed by atoms with Crippen LogP contribution in [0.2, 0.25) is 10.0 Å². The smallest absolute Gasteiger partial charge is 0.407 e. The van der Waals surface area contributed by atoms with E-state index >= 15 is 0 Å². The van der Waals surface area contributed by atoms with Crippen molar-refractivity contribution >= 4 is 29.3 Å². The maximum absolute atomic E-state index is 10.1. The van der Waals surface area contributed by atoms with Crippen LogP contribution in [0.25, 0.3) is 0 Å². The van der Waals surface area contributed by atoms with Gasteiger partial charge < -0.3 is 10.0 Å². The Morgan fingerprint density at radius 3 is 1.56 bits per heavy atom. The summed E-state index contributed by atoms with van der Waals surface area (Å²) in [5.74, 6) is 0. The molecule has 1 N–H and O–H groups in total. The molecule has 0 spiro atoms. The fourth-order valence-electron chi connectivity index (χ4n) is 0.924. The Balaban J connectivity index is 0.000000281.